The van der Waals surface area contributed by atoms with Crippen molar-refractivity contribution < 1.29 is 31.5 Å². The van der Waals surface area contributed by atoms with Gasteiger partial charge in [0.05, 0.1) is 18.6 Å². The molecule has 10 heteroatoms. The third-order valence-corrected chi connectivity index (χ3v) is 4.85. The van der Waals surface area contributed by atoms with Gasteiger partial charge >= 0.3 is 6.61 Å². The summed E-state index contributed by atoms with van der Waals surface area (Å²) in [4.78, 5) is 11.8. The number of nitrogens with one attached hydrogen (secondary N) is 2. The Bertz CT molecular complexity index is 856. The van der Waals surface area contributed by atoms with Gasteiger partial charge in [-0.3, -0.25) is 4.79 Å². The van der Waals surface area contributed by atoms with Gasteiger partial charge in [-0.05, 0) is 42.0 Å². The summed E-state index contributed by atoms with van der Waals surface area (Å²) in [5.41, 5.74) is 0.642. The molecule has 27 heavy (non-hydrogen) atoms. The van der Waals surface area contributed by atoms with Gasteiger partial charge in [0.15, 0.2) is 0 Å². The van der Waals surface area contributed by atoms with Crippen molar-refractivity contribution in [3.63, 3.8) is 0 Å². The van der Waals surface area contributed by atoms with Crippen molar-refractivity contribution in [1.82, 2.24) is 10.0 Å². The van der Waals surface area contributed by atoms with E-state index in [1.54, 1.807) is 0 Å². The van der Waals surface area contributed by atoms with Crippen LogP contribution in [0, 0.1) is 0 Å². The molecule has 0 radical (unpaired) electrons. The predicted octanol–water partition coefficient (Wildman–Crippen LogP) is 1.89. The Kier molecular flexibility index (Phi) is 7.08. The molecule has 0 aliphatic carbocycles. The van der Waals surface area contributed by atoms with Crippen molar-refractivity contribution in [2.45, 2.75) is 18.1 Å². The molecule has 2 N–H and O–H groups in total. The Morgan fingerprint density at radius 3 is 2.19 bits per heavy atom. The molecule has 2 aromatic rings. The number of halogens is 2. The molecule has 0 aromatic heterocycles. The SMILES string of the molecule is COc1ccc(S(=O)(=O)NCC(=O)NCc2ccc(OC(F)F)cc2)cc1. The average Bonchev–Trinajstić information content (AvgIpc) is 2.65. The fourth-order valence-corrected chi connectivity index (χ4v) is 3.03. The Morgan fingerprint density at radius 1 is 1.04 bits per heavy atom. The molecule has 7 nitrogen and oxygen atoms in total. The first-order valence-electron chi connectivity index (χ1n) is 7.74. The number of hydrogen-bond acceptors (Lipinski definition) is 5. The maximum absolute atomic E-state index is 12.1. The molecule has 146 valence electrons. The summed E-state index contributed by atoms with van der Waals surface area (Å²) in [6.07, 6.45) is 0. The monoisotopic (exact) mass is 400 g/mol. The second kappa shape index (κ2) is 9.28. The van der Waals surface area contributed by atoms with Crippen molar-refractivity contribution in [1.29, 1.82) is 0 Å². The van der Waals surface area contributed by atoms with E-state index >= 15 is 0 Å². The van der Waals surface area contributed by atoms with Crippen LogP contribution in [0.15, 0.2) is 53.4 Å². The minimum atomic E-state index is -3.83. The van der Waals surface area contributed by atoms with Gasteiger partial charge < -0.3 is 14.8 Å². The smallest absolute Gasteiger partial charge is 0.387 e. The standard InChI is InChI=1S/C17H18F2N2O5S/c1-25-13-6-8-15(9-7-13)27(23,24)21-11-16(22)20-10-12-2-4-14(5-3-12)26-17(18)19/h2-9,17,21H,10-11H2,1H3,(H,20,22). The summed E-state index contributed by atoms with van der Waals surface area (Å²) in [6, 6.07) is 11.4. The minimum Gasteiger partial charge on any atom is -0.497 e. The van der Waals surface area contributed by atoms with Crippen LogP contribution in [-0.2, 0) is 21.4 Å². The molecular formula is C17H18F2N2O5S. The number of carbonyl (C=O) groups is 1. The highest BCUT2D eigenvalue weighted by Gasteiger charge is 2.15. The summed E-state index contributed by atoms with van der Waals surface area (Å²) in [6.45, 7) is -3.24. The fourth-order valence-electron chi connectivity index (χ4n) is 2.05. The van der Waals surface area contributed by atoms with E-state index in [0.717, 1.165) is 0 Å². The molecule has 2 rings (SSSR count). The molecule has 0 atom stereocenters. The number of methoxy groups -OCH3 is 1. The van der Waals surface area contributed by atoms with E-state index in [4.69, 9.17) is 4.74 Å². The number of benzene rings is 2. The molecular weight excluding hydrogens is 382 g/mol. The van der Waals surface area contributed by atoms with Gasteiger partial charge in [0.1, 0.15) is 11.5 Å². The molecule has 2 aromatic carbocycles. The summed E-state index contributed by atoms with van der Waals surface area (Å²) in [5, 5.41) is 2.53. The van der Waals surface area contributed by atoms with E-state index in [-0.39, 0.29) is 17.2 Å². The van der Waals surface area contributed by atoms with Gasteiger partial charge in [-0.1, -0.05) is 12.1 Å². The van der Waals surface area contributed by atoms with Crippen molar-refractivity contribution >= 4 is 15.9 Å². The van der Waals surface area contributed by atoms with Gasteiger partial charge in [0.25, 0.3) is 0 Å². The summed E-state index contributed by atoms with van der Waals surface area (Å²) >= 11 is 0. The zero-order valence-corrected chi connectivity index (χ0v) is 15.1. The Labute approximate surface area is 155 Å². The lowest BCUT2D eigenvalue weighted by Crippen LogP contribution is -2.36. The van der Waals surface area contributed by atoms with Gasteiger partial charge in [0, 0.05) is 6.54 Å². The molecule has 0 heterocycles. The zero-order chi connectivity index (χ0) is 19.9. The Morgan fingerprint density at radius 2 is 1.63 bits per heavy atom. The highest BCUT2D eigenvalue weighted by Crippen LogP contribution is 2.16. The van der Waals surface area contributed by atoms with Crippen LogP contribution >= 0.6 is 0 Å². The topological polar surface area (TPSA) is 93.7 Å². The quantitative estimate of drug-likeness (QED) is 0.671. The third-order valence-electron chi connectivity index (χ3n) is 3.43. The molecule has 1 amide bonds. The van der Waals surface area contributed by atoms with Crippen molar-refractivity contribution in [3.05, 3.63) is 54.1 Å². The van der Waals surface area contributed by atoms with Crippen LogP contribution in [0.2, 0.25) is 0 Å². The first-order chi connectivity index (χ1) is 12.8. The number of hydrogen-bond donors (Lipinski definition) is 2. The second-order valence-corrected chi connectivity index (χ2v) is 7.07. The Balaban J connectivity index is 1.82. The van der Waals surface area contributed by atoms with Crippen LogP contribution in [0.25, 0.3) is 0 Å². The summed E-state index contributed by atoms with van der Waals surface area (Å²) < 4.78 is 59.8. The first kappa shape index (κ1) is 20.6. The van der Waals surface area contributed by atoms with Gasteiger partial charge in [0.2, 0.25) is 15.9 Å². The molecule has 0 aliphatic rings. The van der Waals surface area contributed by atoms with Crippen molar-refractivity contribution in [2.24, 2.45) is 0 Å². The maximum Gasteiger partial charge on any atom is 0.387 e. The normalized spacial score (nSPS) is 11.3. The second-order valence-electron chi connectivity index (χ2n) is 5.30. The predicted molar refractivity (Wildman–Crippen MR) is 93.1 cm³/mol. The number of carbonyl (C=O) groups excluding carboxylic acids is 1. The molecule has 0 aliphatic heterocycles. The minimum absolute atomic E-state index is 0.00530. The lowest BCUT2D eigenvalue weighted by molar-refractivity contribution is -0.120. The van der Waals surface area contributed by atoms with Crippen molar-refractivity contribution in [3.8, 4) is 11.5 Å². The largest absolute Gasteiger partial charge is 0.497 e. The number of alkyl halides is 2. The Hall–Kier alpha value is -2.72. The molecule has 0 spiro atoms. The maximum atomic E-state index is 12.1. The molecule has 0 unspecified atom stereocenters. The van der Waals surface area contributed by atoms with Crippen LogP contribution in [-0.4, -0.2) is 34.6 Å². The van der Waals surface area contributed by atoms with E-state index in [0.29, 0.717) is 11.3 Å². The summed E-state index contributed by atoms with van der Waals surface area (Å²) in [7, 11) is -2.37. The number of rotatable bonds is 9. The van der Waals surface area contributed by atoms with Crippen LogP contribution in [0.4, 0.5) is 8.78 Å². The van der Waals surface area contributed by atoms with E-state index in [2.05, 4.69) is 14.8 Å². The number of amides is 1. The van der Waals surface area contributed by atoms with Gasteiger partial charge in [-0.25, -0.2) is 13.1 Å². The average molecular weight is 400 g/mol. The van der Waals surface area contributed by atoms with E-state index in [9.17, 15) is 22.0 Å². The molecule has 0 saturated carbocycles. The third kappa shape index (κ3) is 6.50. The zero-order valence-electron chi connectivity index (χ0n) is 14.3. The van der Waals surface area contributed by atoms with Crippen LogP contribution < -0.4 is 19.5 Å². The highest BCUT2D eigenvalue weighted by atomic mass is 32.2. The van der Waals surface area contributed by atoms with Crippen molar-refractivity contribution in [2.75, 3.05) is 13.7 Å². The lowest BCUT2D eigenvalue weighted by Gasteiger charge is -2.09. The molecule has 0 saturated heterocycles. The summed E-state index contributed by atoms with van der Waals surface area (Å²) in [5.74, 6) is -0.0241. The number of sulfonamides is 1. The molecule has 0 fully saturated rings. The van der Waals surface area contributed by atoms with Crippen LogP contribution in [0.1, 0.15) is 5.56 Å². The fraction of sp³-hybridized carbons (Fsp3) is 0.235. The van der Waals surface area contributed by atoms with E-state index < -0.39 is 29.1 Å². The lowest BCUT2D eigenvalue weighted by atomic mass is 10.2. The molecule has 0 bridgehead atoms. The highest BCUT2D eigenvalue weighted by molar-refractivity contribution is 7.89. The first-order valence-corrected chi connectivity index (χ1v) is 9.22. The van der Waals surface area contributed by atoms with Gasteiger partial charge in [-0.15, -0.1) is 0 Å². The van der Waals surface area contributed by atoms with E-state index in [1.807, 2.05) is 0 Å². The van der Waals surface area contributed by atoms with E-state index in [1.165, 1.54) is 55.6 Å². The number of ether oxygens (including phenoxy) is 2. The van der Waals surface area contributed by atoms with Crippen LogP contribution in [0.3, 0.4) is 0 Å². The van der Waals surface area contributed by atoms with Gasteiger partial charge in [-0.2, -0.15) is 8.78 Å². The van der Waals surface area contributed by atoms with Crippen LogP contribution in [0.5, 0.6) is 11.5 Å².